The lowest BCUT2D eigenvalue weighted by molar-refractivity contribution is -0.153. The molecule has 0 aromatic rings. The third kappa shape index (κ3) is 6.60. The van der Waals surface area contributed by atoms with Crippen LogP contribution in [-0.4, -0.2) is 37.6 Å². The SMILES string of the molecule is CC[C@@H](OC(=O)C(C)Br)[C@H](C)[C@@H](O[Si](C)(C)C(C)(C)C)[C@H](C)C=O. The van der Waals surface area contributed by atoms with Crippen molar-refractivity contribution >= 4 is 36.5 Å². The minimum atomic E-state index is -2.04. The molecule has 0 amide bonds. The number of esters is 1. The zero-order valence-corrected chi connectivity index (χ0v) is 19.3. The van der Waals surface area contributed by atoms with Crippen LogP contribution in [0.3, 0.4) is 0 Å². The van der Waals surface area contributed by atoms with Crippen LogP contribution in [0.4, 0.5) is 0 Å². The number of halogens is 1. The topological polar surface area (TPSA) is 52.6 Å². The van der Waals surface area contributed by atoms with Crippen LogP contribution in [0, 0.1) is 11.8 Å². The molecule has 0 N–H and O–H groups in total. The van der Waals surface area contributed by atoms with Gasteiger partial charge < -0.3 is 14.0 Å². The molecule has 0 aromatic carbocycles. The van der Waals surface area contributed by atoms with Crippen LogP contribution >= 0.6 is 15.9 Å². The molecule has 6 heteroatoms. The number of ether oxygens (including phenoxy) is 1. The zero-order chi connectivity index (χ0) is 19.3. The average molecular weight is 423 g/mol. The fourth-order valence-electron chi connectivity index (χ4n) is 2.30. The van der Waals surface area contributed by atoms with E-state index in [4.69, 9.17) is 9.16 Å². The van der Waals surface area contributed by atoms with Crippen LogP contribution in [0.2, 0.25) is 18.1 Å². The summed E-state index contributed by atoms with van der Waals surface area (Å²) < 4.78 is 12.2. The Balaban J connectivity index is 5.42. The van der Waals surface area contributed by atoms with E-state index in [-0.39, 0.29) is 39.9 Å². The van der Waals surface area contributed by atoms with Gasteiger partial charge >= 0.3 is 5.97 Å². The Hall–Kier alpha value is -0.203. The molecule has 0 aliphatic rings. The van der Waals surface area contributed by atoms with Gasteiger partial charge in [-0.25, -0.2) is 0 Å². The van der Waals surface area contributed by atoms with Crippen LogP contribution < -0.4 is 0 Å². The molecule has 4 nitrogen and oxygen atoms in total. The molecular formula is C18H35BrO4Si. The molecule has 0 heterocycles. The summed E-state index contributed by atoms with van der Waals surface area (Å²) in [6, 6.07) is 0. The second kappa shape index (κ2) is 9.48. The molecule has 0 aliphatic carbocycles. The van der Waals surface area contributed by atoms with E-state index >= 15 is 0 Å². The maximum Gasteiger partial charge on any atom is 0.319 e. The summed E-state index contributed by atoms with van der Waals surface area (Å²) in [5.41, 5.74) is 0. The van der Waals surface area contributed by atoms with E-state index in [0.29, 0.717) is 6.42 Å². The average Bonchev–Trinajstić information content (AvgIpc) is 2.47. The van der Waals surface area contributed by atoms with Gasteiger partial charge in [0.1, 0.15) is 17.2 Å². The highest BCUT2D eigenvalue weighted by Gasteiger charge is 2.43. The molecule has 0 aromatic heterocycles. The molecule has 0 rings (SSSR count). The van der Waals surface area contributed by atoms with Crippen LogP contribution in [0.5, 0.6) is 0 Å². The molecule has 0 radical (unpaired) electrons. The van der Waals surface area contributed by atoms with Crippen LogP contribution in [0.15, 0.2) is 0 Å². The predicted molar refractivity (Wildman–Crippen MR) is 105 cm³/mol. The highest BCUT2D eigenvalue weighted by atomic mass is 79.9. The molecule has 0 aliphatic heterocycles. The van der Waals surface area contributed by atoms with Crippen molar-refractivity contribution in [2.45, 2.75) is 90.1 Å². The number of rotatable bonds is 9. The van der Waals surface area contributed by atoms with Crippen molar-refractivity contribution in [3.8, 4) is 0 Å². The highest BCUT2D eigenvalue weighted by Crippen LogP contribution is 2.39. The van der Waals surface area contributed by atoms with Crippen molar-refractivity contribution in [2.24, 2.45) is 11.8 Å². The van der Waals surface area contributed by atoms with E-state index in [1.165, 1.54) is 0 Å². The van der Waals surface area contributed by atoms with Gasteiger partial charge in [-0.2, -0.15) is 0 Å². The molecule has 0 saturated heterocycles. The summed E-state index contributed by atoms with van der Waals surface area (Å²) in [6.45, 7) is 18.5. The summed E-state index contributed by atoms with van der Waals surface area (Å²) in [5, 5.41) is 0.0519. The number of alkyl halides is 1. The quantitative estimate of drug-likeness (QED) is 0.228. The molecular weight excluding hydrogens is 388 g/mol. The first-order valence-corrected chi connectivity index (χ1v) is 12.6. The highest BCUT2D eigenvalue weighted by molar-refractivity contribution is 9.10. The first-order valence-electron chi connectivity index (χ1n) is 8.76. The molecule has 142 valence electrons. The maximum atomic E-state index is 12.0. The predicted octanol–water partition coefficient (Wildman–Crippen LogP) is 4.95. The van der Waals surface area contributed by atoms with E-state index in [2.05, 4.69) is 49.8 Å². The van der Waals surface area contributed by atoms with Crippen LogP contribution in [0.1, 0.15) is 54.9 Å². The first kappa shape index (κ1) is 23.8. The van der Waals surface area contributed by atoms with Crippen molar-refractivity contribution in [2.75, 3.05) is 0 Å². The summed E-state index contributed by atoms with van der Waals surface area (Å²) >= 11 is 3.25. The minimum absolute atomic E-state index is 0.0519. The largest absolute Gasteiger partial charge is 0.461 e. The zero-order valence-electron chi connectivity index (χ0n) is 16.7. The van der Waals surface area contributed by atoms with Crippen molar-refractivity contribution in [3.05, 3.63) is 0 Å². The monoisotopic (exact) mass is 422 g/mol. The summed E-state index contributed by atoms with van der Waals surface area (Å²) in [7, 11) is -2.04. The number of aldehydes is 1. The molecule has 0 fully saturated rings. The molecule has 5 atom stereocenters. The van der Waals surface area contributed by atoms with Crippen molar-refractivity contribution in [1.29, 1.82) is 0 Å². The van der Waals surface area contributed by atoms with Gasteiger partial charge in [-0.3, -0.25) is 4.79 Å². The van der Waals surface area contributed by atoms with Gasteiger partial charge in [0.25, 0.3) is 0 Å². The number of carbonyl (C=O) groups excluding carboxylic acids is 2. The van der Waals surface area contributed by atoms with Crippen LogP contribution in [-0.2, 0) is 18.8 Å². The number of carbonyl (C=O) groups is 2. The van der Waals surface area contributed by atoms with E-state index < -0.39 is 8.32 Å². The summed E-state index contributed by atoms with van der Waals surface area (Å²) in [6.07, 6.45) is 1.10. The van der Waals surface area contributed by atoms with E-state index in [0.717, 1.165) is 6.29 Å². The van der Waals surface area contributed by atoms with E-state index in [9.17, 15) is 9.59 Å². The normalized spacial score (nSPS) is 19.1. The minimum Gasteiger partial charge on any atom is -0.461 e. The Bertz CT molecular complexity index is 418. The molecule has 0 saturated carbocycles. The Labute approximate surface area is 157 Å². The van der Waals surface area contributed by atoms with Gasteiger partial charge in [-0.1, -0.05) is 57.5 Å². The Morgan fingerprint density at radius 1 is 1.21 bits per heavy atom. The smallest absolute Gasteiger partial charge is 0.319 e. The fourth-order valence-corrected chi connectivity index (χ4v) is 3.88. The lowest BCUT2D eigenvalue weighted by Crippen LogP contribution is -2.50. The standard InChI is InChI=1S/C18H35BrO4Si/c1-10-15(22-17(21)14(4)19)13(3)16(12(2)11-20)23-24(8,9)18(5,6)7/h11-16H,10H2,1-9H3/t12-,13+,14?,15-,16+/m1/s1. The third-order valence-electron chi connectivity index (χ3n) is 5.07. The number of hydrogen-bond donors (Lipinski definition) is 0. The molecule has 24 heavy (non-hydrogen) atoms. The molecule has 0 bridgehead atoms. The van der Waals surface area contributed by atoms with Crippen molar-refractivity contribution < 1.29 is 18.8 Å². The Kier molecular flexibility index (Phi) is 9.40. The van der Waals surface area contributed by atoms with Gasteiger partial charge in [0.05, 0.1) is 6.10 Å². The van der Waals surface area contributed by atoms with Crippen LogP contribution in [0.25, 0.3) is 0 Å². The van der Waals surface area contributed by atoms with Gasteiger partial charge in [-0.15, -0.1) is 0 Å². The van der Waals surface area contributed by atoms with Crippen molar-refractivity contribution in [1.82, 2.24) is 0 Å². The summed E-state index contributed by atoms with van der Waals surface area (Å²) in [5.74, 6) is -0.582. The van der Waals surface area contributed by atoms with Gasteiger partial charge in [0.2, 0.25) is 0 Å². The third-order valence-corrected chi connectivity index (χ3v) is 9.92. The lowest BCUT2D eigenvalue weighted by atomic mass is 9.89. The van der Waals surface area contributed by atoms with E-state index in [1.54, 1.807) is 6.92 Å². The van der Waals surface area contributed by atoms with E-state index in [1.807, 2.05) is 20.8 Å². The molecule has 1 unspecified atom stereocenters. The summed E-state index contributed by atoms with van der Waals surface area (Å²) in [4.78, 5) is 23.1. The lowest BCUT2D eigenvalue weighted by Gasteiger charge is -2.43. The Morgan fingerprint density at radius 3 is 2.04 bits per heavy atom. The second-order valence-corrected chi connectivity index (χ2v) is 14.3. The number of hydrogen-bond acceptors (Lipinski definition) is 4. The van der Waals surface area contributed by atoms with Gasteiger partial charge in [0.15, 0.2) is 8.32 Å². The fraction of sp³-hybridized carbons (Fsp3) is 0.889. The van der Waals surface area contributed by atoms with Gasteiger partial charge in [-0.05, 0) is 31.5 Å². The Morgan fingerprint density at radius 2 is 1.71 bits per heavy atom. The first-order chi connectivity index (χ1) is 10.8. The second-order valence-electron chi connectivity index (χ2n) is 8.20. The molecule has 0 spiro atoms. The van der Waals surface area contributed by atoms with Gasteiger partial charge in [0, 0.05) is 11.8 Å². The van der Waals surface area contributed by atoms with Crippen molar-refractivity contribution in [3.63, 3.8) is 0 Å². The maximum absolute atomic E-state index is 12.0.